The van der Waals surface area contributed by atoms with Crippen LogP contribution in [0.5, 0.6) is 0 Å². The fourth-order valence-electron chi connectivity index (χ4n) is 4.05. The molecule has 7 heteroatoms. The third-order valence-electron chi connectivity index (χ3n) is 5.89. The van der Waals surface area contributed by atoms with Crippen LogP contribution in [0.3, 0.4) is 0 Å². The predicted octanol–water partition coefficient (Wildman–Crippen LogP) is 5.32. The van der Waals surface area contributed by atoms with Gasteiger partial charge in [0.25, 0.3) is 5.91 Å². The first kappa shape index (κ1) is 20.7. The maximum atomic E-state index is 13.4. The molecule has 0 bridgehead atoms. The molecule has 30 heavy (non-hydrogen) atoms. The predicted molar refractivity (Wildman–Crippen MR) is 118 cm³/mol. The highest BCUT2D eigenvalue weighted by atomic mass is 35.5. The highest BCUT2D eigenvalue weighted by Gasteiger charge is 2.43. The molecule has 4 rings (SSSR count). The number of amides is 1. The Kier molecular flexibility index (Phi) is 5.75. The summed E-state index contributed by atoms with van der Waals surface area (Å²) in [6, 6.07) is 15.6. The van der Waals surface area contributed by atoms with Crippen molar-refractivity contribution in [3.8, 4) is 6.07 Å². The third-order valence-corrected chi connectivity index (χ3v) is 6.70. The van der Waals surface area contributed by atoms with Gasteiger partial charge in [-0.3, -0.25) is 4.79 Å². The van der Waals surface area contributed by atoms with E-state index in [1.165, 1.54) is 0 Å². The molecular weight excluding hydrogens is 421 g/mol. The van der Waals surface area contributed by atoms with Crippen molar-refractivity contribution < 1.29 is 9.53 Å². The van der Waals surface area contributed by atoms with Crippen LogP contribution in [0.4, 0.5) is 0 Å². The molecule has 1 aliphatic rings. The van der Waals surface area contributed by atoms with Crippen LogP contribution in [0.25, 0.3) is 10.9 Å². The van der Waals surface area contributed by atoms with Crippen LogP contribution in [0, 0.1) is 11.3 Å². The average Bonchev–Trinajstić information content (AvgIpc) is 3.43. The number of halogens is 2. The van der Waals surface area contributed by atoms with Crippen molar-refractivity contribution in [2.75, 3.05) is 20.3 Å². The van der Waals surface area contributed by atoms with E-state index in [0.29, 0.717) is 48.2 Å². The van der Waals surface area contributed by atoms with E-state index < -0.39 is 5.54 Å². The standard InChI is InChI=1S/C23H21Cl2N3O2/c1-28(22(29)20-13-17-19(27-20)9-8-18(24)21(17)25)23(10-12-30-14-23)16-6-4-15(5-7-16)3-2-11-26/h4-9,13,27H,2-3,10,12,14H2,1H3. The lowest BCUT2D eigenvalue weighted by Crippen LogP contribution is -2.48. The lowest BCUT2D eigenvalue weighted by molar-refractivity contribution is 0.0490. The molecule has 1 aliphatic heterocycles. The Morgan fingerprint density at radius 3 is 2.70 bits per heavy atom. The molecule has 2 aromatic carbocycles. The number of fused-ring (bicyclic) bond motifs is 1. The normalized spacial score (nSPS) is 18.5. The zero-order valence-electron chi connectivity index (χ0n) is 16.5. The number of aryl methyl sites for hydroxylation is 1. The van der Waals surface area contributed by atoms with Crippen LogP contribution < -0.4 is 0 Å². The highest BCUT2D eigenvalue weighted by Crippen LogP contribution is 2.38. The summed E-state index contributed by atoms with van der Waals surface area (Å²) in [6.45, 7) is 1.02. The maximum Gasteiger partial charge on any atom is 0.270 e. The van der Waals surface area contributed by atoms with E-state index in [1.807, 2.05) is 30.3 Å². The number of nitrogens with zero attached hydrogens (tertiary/aromatic N) is 2. The van der Waals surface area contributed by atoms with Gasteiger partial charge in [-0.25, -0.2) is 0 Å². The maximum absolute atomic E-state index is 13.4. The van der Waals surface area contributed by atoms with Gasteiger partial charge in [0.1, 0.15) is 5.69 Å². The van der Waals surface area contributed by atoms with Gasteiger partial charge in [-0.2, -0.15) is 5.26 Å². The summed E-state index contributed by atoms with van der Waals surface area (Å²) in [6.07, 6.45) is 1.91. The van der Waals surface area contributed by atoms with Gasteiger partial charge in [0.05, 0.1) is 28.3 Å². The number of aromatic amines is 1. The molecule has 1 aromatic heterocycles. The van der Waals surface area contributed by atoms with Crippen molar-refractivity contribution in [3.63, 3.8) is 0 Å². The topological polar surface area (TPSA) is 69.1 Å². The number of likely N-dealkylation sites (N-methyl/N-ethyl adjacent to an activating group) is 1. The number of ether oxygens (including phenoxy) is 1. The Hall–Kier alpha value is -2.52. The lowest BCUT2D eigenvalue weighted by Gasteiger charge is -2.38. The number of aromatic nitrogens is 1. The molecule has 0 spiro atoms. The number of hydrogen-bond acceptors (Lipinski definition) is 3. The van der Waals surface area contributed by atoms with Crippen molar-refractivity contribution in [1.29, 1.82) is 5.26 Å². The minimum absolute atomic E-state index is 0.141. The first-order valence-electron chi connectivity index (χ1n) is 9.75. The molecule has 2 heterocycles. The lowest BCUT2D eigenvalue weighted by atomic mass is 9.86. The zero-order chi connectivity index (χ0) is 21.3. The molecule has 1 atom stereocenters. The van der Waals surface area contributed by atoms with Gasteiger partial charge >= 0.3 is 0 Å². The summed E-state index contributed by atoms with van der Waals surface area (Å²) < 4.78 is 5.73. The summed E-state index contributed by atoms with van der Waals surface area (Å²) in [5, 5.41) is 10.4. The molecule has 5 nitrogen and oxygen atoms in total. The number of nitrogens with one attached hydrogen (secondary N) is 1. The third kappa shape index (κ3) is 3.56. The molecule has 3 aromatic rings. The Morgan fingerprint density at radius 2 is 2.03 bits per heavy atom. The Morgan fingerprint density at radius 1 is 1.27 bits per heavy atom. The summed E-state index contributed by atoms with van der Waals surface area (Å²) in [5.74, 6) is -0.141. The van der Waals surface area contributed by atoms with Crippen LogP contribution in [0.15, 0.2) is 42.5 Å². The van der Waals surface area contributed by atoms with Gasteiger partial charge in [0.2, 0.25) is 0 Å². The second kappa shape index (κ2) is 8.31. The van der Waals surface area contributed by atoms with Gasteiger partial charge in [-0.05, 0) is 35.7 Å². The van der Waals surface area contributed by atoms with Crippen LogP contribution in [-0.2, 0) is 16.7 Å². The molecule has 1 unspecified atom stereocenters. The highest BCUT2D eigenvalue weighted by molar-refractivity contribution is 6.45. The average molecular weight is 442 g/mol. The van der Waals surface area contributed by atoms with Crippen molar-refractivity contribution >= 4 is 40.0 Å². The van der Waals surface area contributed by atoms with Crippen molar-refractivity contribution in [2.24, 2.45) is 0 Å². The van der Waals surface area contributed by atoms with Crippen LogP contribution in [-0.4, -0.2) is 36.1 Å². The molecule has 0 saturated carbocycles. The van der Waals surface area contributed by atoms with Crippen LogP contribution in [0.1, 0.15) is 34.5 Å². The number of benzene rings is 2. The Labute approximate surface area is 185 Å². The van der Waals surface area contributed by atoms with E-state index >= 15 is 0 Å². The summed E-state index contributed by atoms with van der Waals surface area (Å²) in [4.78, 5) is 18.3. The number of H-pyrrole nitrogens is 1. The number of hydrogen-bond donors (Lipinski definition) is 1. The first-order valence-corrected chi connectivity index (χ1v) is 10.5. The van der Waals surface area contributed by atoms with Gasteiger partial charge in [0, 0.05) is 37.4 Å². The molecule has 0 aliphatic carbocycles. The molecule has 0 radical (unpaired) electrons. The first-order chi connectivity index (χ1) is 14.5. The quantitative estimate of drug-likeness (QED) is 0.582. The minimum atomic E-state index is -0.552. The number of nitriles is 1. The number of carbonyl (C=O) groups excluding carboxylic acids is 1. The van der Waals surface area contributed by atoms with Crippen molar-refractivity contribution in [1.82, 2.24) is 9.88 Å². The van der Waals surface area contributed by atoms with Crippen molar-refractivity contribution in [3.05, 3.63) is 69.3 Å². The SMILES string of the molecule is CN(C(=O)c1cc2c(Cl)c(Cl)ccc2[nH]1)C1(c2ccc(CCC#N)cc2)CCOC1. The number of rotatable bonds is 5. The molecule has 1 N–H and O–H groups in total. The van der Waals surface area contributed by atoms with Gasteiger partial charge < -0.3 is 14.6 Å². The summed E-state index contributed by atoms with van der Waals surface area (Å²) in [7, 11) is 1.81. The van der Waals surface area contributed by atoms with Gasteiger partial charge in [-0.15, -0.1) is 0 Å². The largest absolute Gasteiger partial charge is 0.379 e. The second-order valence-electron chi connectivity index (χ2n) is 7.56. The fraction of sp³-hybridized carbons (Fsp3) is 0.304. The monoisotopic (exact) mass is 441 g/mol. The number of carbonyl (C=O) groups is 1. The van der Waals surface area contributed by atoms with Crippen LogP contribution in [0.2, 0.25) is 10.0 Å². The van der Waals surface area contributed by atoms with Crippen molar-refractivity contribution in [2.45, 2.75) is 24.8 Å². The fourth-order valence-corrected chi connectivity index (χ4v) is 4.44. The smallest absolute Gasteiger partial charge is 0.270 e. The van der Waals surface area contributed by atoms with Gasteiger partial charge in [-0.1, -0.05) is 47.5 Å². The van der Waals surface area contributed by atoms with E-state index in [1.54, 1.807) is 24.1 Å². The van der Waals surface area contributed by atoms with Crippen LogP contribution >= 0.6 is 23.2 Å². The van der Waals surface area contributed by atoms with E-state index in [4.69, 9.17) is 33.2 Å². The Balaban J connectivity index is 1.66. The molecular formula is C23H21Cl2N3O2. The molecule has 1 amide bonds. The Bertz CT molecular complexity index is 1130. The minimum Gasteiger partial charge on any atom is -0.379 e. The molecule has 1 saturated heterocycles. The zero-order valence-corrected chi connectivity index (χ0v) is 18.1. The van der Waals surface area contributed by atoms with E-state index in [-0.39, 0.29) is 5.91 Å². The van der Waals surface area contributed by atoms with E-state index in [9.17, 15) is 4.79 Å². The van der Waals surface area contributed by atoms with Gasteiger partial charge in [0.15, 0.2) is 0 Å². The molecule has 1 fully saturated rings. The molecule has 154 valence electrons. The second-order valence-corrected chi connectivity index (χ2v) is 8.34. The van der Waals surface area contributed by atoms with E-state index in [0.717, 1.165) is 22.0 Å². The van der Waals surface area contributed by atoms with E-state index in [2.05, 4.69) is 11.1 Å². The summed E-state index contributed by atoms with van der Waals surface area (Å²) >= 11 is 12.4. The summed E-state index contributed by atoms with van der Waals surface area (Å²) in [5.41, 5.74) is 2.79.